The average molecular weight is 251 g/mol. The van der Waals surface area contributed by atoms with Crippen LogP contribution in [0.3, 0.4) is 0 Å². The number of aromatic nitrogens is 2. The Balaban J connectivity index is 2.64. The Bertz CT molecular complexity index is 342. The number of rotatable bonds is 8. The lowest BCUT2D eigenvalue weighted by molar-refractivity contribution is 0.352. The third kappa shape index (κ3) is 4.45. The minimum absolute atomic E-state index is 0.693. The second kappa shape index (κ2) is 7.57. The van der Waals surface area contributed by atoms with Gasteiger partial charge in [0.2, 0.25) is 0 Å². The van der Waals surface area contributed by atoms with Gasteiger partial charge in [0.15, 0.2) is 0 Å². The summed E-state index contributed by atoms with van der Waals surface area (Å²) in [5.74, 6) is 1.40. The Morgan fingerprint density at radius 2 is 2.06 bits per heavy atom. The minimum atomic E-state index is 0.693. The highest BCUT2D eigenvalue weighted by Gasteiger charge is 2.16. The summed E-state index contributed by atoms with van der Waals surface area (Å²) in [5.41, 5.74) is 2.52. The fourth-order valence-corrected chi connectivity index (χ4v) is 2.31. The van der Waals surface area contributed by atoms with Crippen molar-refractivity contribution in [3.8, 4) is 0 Å². The van der Waals surface area contributed by atoms with Crippen molar-refractivity contribution in [2.75, 3.05) is 13.1 Å². The number of nitrogens with zero attached hydrogens (tertiary/aromatic N) is 2. The Hall–Kier alpha value is -0.830. The van der Waals surface area contributed by atoms with Crippen LogP contribution in [0.15, 0.2) is 6.07 Å². The Labute approximate surface area is 112 Å². The fraction of sp³-hybridized carbons (Fsp3) is 0.800. The third-order valence-corrected chi connectivity index (χ3v) is 3.53. The van der Waals surface area contributed by atoms with E-state index in [2.05, 4.69) is 55.8 Å². The van der Waals surface area contributed by atoms with Gasteiger partial charge in [-0.05, 0) is 57.7 Å². The van der Waals surface area contributed by atoms with E-state index >= 15 is 0 Å². The summed E-state index contributed by atoms with van der Waals surface area (Å²) < 4.78 is 2.14. The van der Waals surface area contributed by atoms with Crippen LogP contribution in [0.5, 0.6) is 0 Å². The van der Waals surface area contributed by atoms with E-state index in [4.69, 9.17) is 0 Å². The lowest BCUT2D eigenvalue weighted by atomic mass is 9.91. The van der Waals surface area contributed by atoms with E-state index < -0.39 is 0 Å². The van der Waals surface area contributed by atoms with Crippen LogP contribution in [0.2, 0.25) is 0 Å². The van der Waals surface area contributed by atoms with Gasteiger partial charge < -0.3 is 5.32 Å². The lowest BCUT2D eigenvalue weighted by Crippen LogP contribution is -2.29. The van der Waals surface area contributed by atoms with Gasteiger partial charge in [-0.2, -0.15) is 5.10 Å². The average Bonchev–Trinajstić information content (AvgIpc) is 2.68. The molecule has 1 atom stereocenters. The van der Waals surface area contributed by atoms with Gasteiger partial charge in [0.1, 0.15) is 0 Å². The van der Waals surface area contributed by atoms with Crippen LogP contribution in [0.1, 0.15) is 45.5 Å². The summed E-state index contributed by atoms with van der Waals surface area (Å²) in [5, 5.41) is 8.09. The maximum atomic E-state index is 4.53. The topological polar surface area (TPSA) is 29.9 Å². The van der Waals surface area contributed by atoms with Gasteiger partial charge in [0.25, 0.3) is 0 Å². The van der Waals surface area contributed by atoms with Gasteiger partial charge in [0, 0.05) is 12.2 Å². The molecule has 0 aromatic carbocycles. The Morgan fingerprint density at radius 1 is 1.33 bits per heavy atom. The van der Waals surface area contributed by atoms with Crippen molar-refractivity contribution in [1.82, 2.24) is 15.1 Å². The van der Waals surface area contributed by atoms with Crippen molar-refractivity contribution < 1.29 is 0 Å². The van der Waals surface area contributed by atoms with Crippen molar-refractivity contribution in [2.24, 2.45) is 11.8 Å². The molecule has 18 heavy (non-hydrogen) atoms. The van der Waals surface area contributed by atoms with Crippen LogP contribution in [0.4, 0.5) is 0 Å². The monoisotopic (exact) mass is 251 g/mol. The second-order valence-corrected chi connectivity index (χ2v) is 5.51. The largest absolute Gasteiger partial charge is 0.316 e. The van der Waals surface area contributed by atoms with E-state index in [0.29, 0.717) is 11.8 Å². The molecule has 0 bridgehead atoms. The zero-order valence-electron chi connectivity index (χ0n) is 12.7. The molecule has 1 N–H and O–H groups in total. The first-order chi connectivity index (χ1) is 8.58. The quantitative estimate of drug-likeness (QED) is 0.720. The van der Waals surface area contributed by atoms with E-state index in [1.165, 1.54) is 12.1 Å². The number of hydrogen-bond donors (Lipinski definition) is 1. The van der Waals surface area contributed by atoms with E-state index in [0.717, 1.165) is 31.7 Å². The molecule has 0 saturated carbocycles. The van der Waals surface area contributed by atoms with Crippen molar-refractivity contribution in [1.29, 1.82) is 0 Å². The molecule has 0 aliphatic rings. The van der Waals surface area contributed by atoms with E-state index in [1.54, 1.807) is 0 Å². The van der Waals surface area contributed by atoms with Crippen LogP contribution in [0.25, 0.3) is 0 Å². The van der Waals surface area contributed by atoms with Crippen LogP contribution < -0.4 is 5.32 Å². The molecule has 1 unspecified atom stereocenters. The molecule has 1 aromatic rings. The number of nitrogens with one attached hydrogen (secondary N) is 1. The minimum Gasteiger partial charge on any atom is -0.316 e. The molecule has 0 radical (unpaired) electrons. The first-order valence-electron chi connectivity index (χ1n) is 7.32. The maximum Gasteiger partial charge on any atom is 0.0596 e. The normalized spacial score (nSPS) is 13.2. The second-order valence-electron chi connectivity index (χ2n) is 5.51. The fourth-order valence-electron chi connectivity index (χ4n) is 2.31. The SMILES string of the molecule is CCCNCC(Cc1cc(C)nn1CC)C(C)C. The van der Waals surface area contributed by atoms with Crippen molar-refractivity contribution >= 4 is 0 Å². The van der Waals surface area contributed by atoms with Crippen LogP contribution >= 0.6 is 0 Å². The van der Waals surface area contributed by atoms with E-state index in [-0.39, 0.29) is 0 Å². The summed E-state index contributed by atoms with van der Waals surface area (Å²) in [4.78, 5) is 0. The van der Waals surface area contributed by atoms with Crippen LogP contribution in [-0.4, -0.2) is 22.9 Å². The maximum absolute atomic E-state index is 4.53. The molecular formula is C15H29N3. The highest BCUT2D eigenvalue weighted by molar-refractivity contribution is 5.10. The van der Waals surface area contributed by atoms with E-state index in [9.17, 15) is 0 Å². The molecule has 1 aromatic heterocycles. The first-order valence-corrected chi connectivity index (χ1v) is 7.32. The molecule has 0 fully saturated rings. The van der Waals surface area contributed by atoms with Gasteiger partial charge in [0.05, 0.1) is 5.69 Å². The zero-order valence-corrected chi connectivity index (χ0v) is 12.7. The van der Waals surface area contributed by atoms with Gasteiger partial charge >= 0.3 is 0 Å². The lowest BCUT2D eigenvalue weighted by Gasteiger charge is -2.21. The summed E-state index contributed by atoms with van der Waals surface area (Å²) in [6, 6.07) is 2.23. The molecule has 0 saturated heterocycles. The van der Waals surface area contributed by atoms with Gasteiger partial charge in [-0.1, -0.05) is 20.8 Å². The first kappa shape index (κ1) is 15.2. The smallest absolute Gasteiger partial charge is 0.0596 e. The molecular weight excluding hydrogens is 222 g/mol. The summed E-state index contributed by atoms with van der Waals surface area (Å²) in [6.07, 6.45) is 2.33. The highest BCUT2D eigenvalue weighted by Crippen LogP contribution is 2.17. The zero-order chi connectivity index (χ0) is 13.5. The molecule has 104 valence electrons. The van der Waals surface area contributed by atoms with Gasteiger partial charge in [-0.15, -0.1) is 0 Å². The highest BCUT2D eigenvalue weighted by atomic mass is 15.3. The molecule has 0 spiro atoms. The Morgan fingerprint density at radius 3 is 2.61 bits per heavy atom. The standard InChI is InChI=1S/C15H29N3/c1-6-8-16-11-14(12(3)4)10-15-9-13(5)17-18(15)7-2/h9,12,14,16H,6-8,10-11H2,1-5H3. The van der Waals surface area contributed by atoms with Crippen molar-refractivity contribution in [3.05, 3.63) is 17.5 Å². The number of aryl methyl sites for hydroxylation is 2. The van der Waals surface area contributed by atoms with Gasteiger partial charge in [-0.25, -0.2) is 0 Å². The molecule has 1 rings (SSSR count). The molecule has 0 amide bonds. The molecule has 0 aliphatic heterocycles. The molecule has 3 heteroatoms. The van der Waals surface area contributed by atoms with E-state index in [1.807, 2.05) is 0 Å². The predicted octanol–water partition coefficient (Wildman–Crippen LogP) is 3.03. The molecule has 0 aliphatic carbocycles. The Kier molecular flexibility index (Phi) is 6.41. The van der Waals surface area contributed by atoms with Crippen molar-refractivity contribution in [3.63, 3.8) is 0 Å². The summed E-state index contributed by atoms with van der Waals surface area (Å²) >= 11 is 0. The summed E-state index contributed by atoms with van der Waals surface area (Å²) in [6.45, 7) is 14.3. The predicted molar refractivity (Wildman–Crippen MR) is 77.8 cm³/mol. The number of hydrogen-bond acceptors (Lipinski definition) is 2. The third-order valence-electron chi connectivity index (χ3n) is 3.53. The molecule has 3 nitrogen and oxygen atoms in total. The van der Waals surface area contributed by atoms with Gasteiger partial charge in [-0.3, -0.25) is 4.68 Å². The summed E-state index contributed by atoms with van der Waals surface area (Å²) in [7, 11) is 0. The van der Waals surface area contributed by atoms with Crippen molar-refractivity contribution in [2.45, 2.75) is 54.0 Å². The van der Waals surface area contributed by atoms with Crippen LogP contribution in [0, 0.1) is 18.8 Å². The molecule has 1 heterocycles. The van der Waals surface area contributed by atoms with Crippen LogP contribution in [-0.2, 0) is 13.0 Å².